The summed E-state index contributed by atoms with van der Waals surface area (Å²) in [7, 11) is 1.48. The van der Waals surface area contributed by atoms with Gasteiger partial charge in [-0.2, -0.15) is 0 Å². The third kappa shape index (κ3) is 1.73. The molecule has 0 atom stereocenters. The Balaban J connectivity index is 2.41. The molecule has 88 valence electrons. The fraction of sp³-hybridized carbons (Fsp3) is 0.182. The van der Waals surface area contributed by atoms with E-state index in [1.807, 2.05) is 0 Å². The first-order valence-corrected chi connectivity index (χ1v) is 4.82. The minimum atomic E-state index is -1.15. The molecule has 0 unspecified atom stereocenters. The van der Waals surface area contributed by atoms with Crippen molar-refractivity contribution in [2.75, 3.05) is 18.6 Å². The summed E-state index contributed by atoms with van der Waals surface area (Å²) >= 11 is 0. The van der Waals surface area contributed by atoms with E-state index in [0.29, 0.717) is 5.69 Å². The first kappa shape index (κ1) is 11.1. The molecule has 0 spiro atoms. The number of ketones is 1. The molecule has 1 N–H and O–H groups in total. The number of fused-ring (bicyclic) bond motifs is 1. The number of benzene rings is 1. The molecule has 0 saturated carbocycles. The van der Waals surface area contributed by atoms with Crippen LogP contribution in [0.25, 0.3) is 0 Å². The second kappa shape index (κ2) is 3.89. The van der Waals surface area contributed by atoms with Crippen LogP contribution in [0.5, 0.6) is 5.75 Å². The van der Waals surface area contributed by atoms with Crippen molar-refractivity contribution in [2.45, 2.75) is 0 Å². The first-order chi connectivity index (χ1) is 8.02. The third-order valence-corrected chi connectivity index (χ3v) is 2.44. The molecule has 0 aromatic heterocycles. The summed E-state index contributed by atoms with van der Waals surface area (Å²) < 4.78 is 4.98. The number of likely N-dealkylation sites (N-methyl/N-ethyl adjacent to an activating group) is 1. The van der Waals surface area contributed by atoms with Gasteiger partial charge in [0.15, 0.2) is 6.61 Å². The fourth-order valence-corrected chi connectivity index (χ4v) is 1.66. The highest BCUT2D eigenvalue weighted by Gasteiger charge is 2.36. The standard InChI is InChI=1S/C11H9NO5/c1-12-6-3-2-4-7(17-5-8(13)14)9(6)10(15)11(12)16/h2-4H,5H2,1H3,(H,13,14). The molecule has 6 nitrogen and oxygen atoms in total. The van der Waals surface area contributed by atoms with E-state index in [0.717, 1.165) is 0 Å². The Morgan fingerprint density at radius 3 is 2.76 bits per heavy atom. The molecule has 0 saturated heterocycles. The maximum absolute atomic E-state index is 11.7. The van der Waals surface area contributed by atoms with E-state index in [4.69, 9.17) is 9.84 Å². The number of Topliss-reactive ketones (excluding diaryl/α,β-unsaturated/α-hetero) is 1. The minimum Gasteiger partial charge on any atom is -0.481 e. The van der Waals surface area contributed by atoms with Gasteiger partial charge in [-0.25, -0.2) is 4.79 Å². The number of carboxylic acids is 1. The van der Waals surface area contributed by atoms with Crippen molar-refractivity contribution in [1.82, 2.24) is 0 Å². The Morgan fingerprint density at radius 1 is 1.41 bits per heavy atom. The number of hydrogen-bond donors (Lipinski definition) is 1. The van der Waals surface area contributed by atoms with E-state index in [2.05, 4.69) is 0 Å². The predicted octanol–water partition coefficient (Wildman–Crippen LogP) is 0.309. The van der Waals surface area contributed by atoms with Gasteiger partial charge >= 0.3 is 5.97 Å². The van der Waals surface area contributed by atoms with Crippen LogP contribution in [0.3, 0.4) is 0 Å². The van der Waals surface area contributed by atoms with Gasteiger partial charge in [0, 0.05) is 7.05 Å². The van der Waals surface area contributed by atoms with Gasteiger partial charge in [0.1, 0.15) is 5.75 Å². The van der Waals surface area contributed by atoms with Crippen LogP contribution in [0.1, 0.15) is 10.4 Å². The summed E-state index contributed by atoms with van der Waals surface area (Å²) in [4.78, 5) is 34.7. The number of carboxylic acid groups (broad SMARTS) is 1. The van der Waals surface area contributed by atoms with E-state index in [-0.39, 0.29) is 11.3 Å². The quantitative estimate of drug-likeness (QED) is 0.762. The summed E-state index contributed by atoms with van der Waals surface area (Å²) in [5.74, 6) is -2.35. The summed E-state index contributed by atoms with van der Waals surface area (Å²) in [6.07, 6.45) is 0. The Kier molecular flexibility index (Phi) is 2.55. The molecule has 17 heavy (non-hydrogen) atoms. The number of rotatable bonds is 3. The highest BCUT2D eigenvalue weighted by Crippen LogP contribution is 2.34. The van der Waals surface area contributed by atoms with E-state index in [9.17, 15) is 14.4 Å². The molecule has 1 amide bonds. The van der Waals surface area contributed by atoms with Crippen molar-refractivity contribution in [3.8, 4) is 5.75 Å². The number of amides is 1. The van der Waals surface area contributed by atoms with Gasteiger partial charge in [-0.05, 0) is 12.1 Å². The molecule has 1 aromatic carbocycles. The lowest BCUT2D eigenvalue weighted by Crippen LogP contribution is -2.24. The molecule has 6 heteroatoms. The lowest BCUT2D eigenvalue weighted by Gasteiger charge is -2.10. The molecule has 2 rings (SSSR count). The molecule has 0 bridgehead atoms. The molecular formula is C11H9NO5. The molecule has 1 aliphatic rings. The fourth-order valence-electron chi connectivity index (χ4n) is 1.66. The Morgan fingerprint density at radius 2 is 2.12 bits per heavy atom. The van der Waals surface area contributed by atoms with Crippen LogP contribution in [-0.4, -0.2) is 36.4 Å². The van der Waals surface area contributed by atoms with Crippen LogP contribution in [0, 0.1) is 0 Å². The van der Waals surface area contributed by atoms with Crippen molar-refractivity contribution in [3.63, 3.8) is 0 Å². The monoisotopic (exact) mass is 235 g/mol. The highest BCUT2D eigenvalue weighted by atomic mass is 16.5. The van der Waals surface area contributed by atoms with Crippen molar-refractivity contribution in [1.29, 1.82) is 0 Å². The van der Waals surface area contributed by atoms with E-state index in [1.165, 1.54) is 18.0 Å². The zero-order valence-electron chi connectivity index (χ0n) is 8.97. The Hall–Kier alpha value is -2.37. The van der Waals surface area contributed by atoms with E-state index in [1.54, 1.807) is 12.1 Å². The number of anilines is 1. The van der Waals surface area contributed by atoms with Crippen LogP contribution in [0.15, 0.2) is 18.2 Å². The summed E-state index contributed by atoms with van der Waals surface area (Å²) in [5, 5.41) is 8.51. The summed E-state index contributed by atoms with van der Waals surface area (Å²) in [5.41, 5.74) is 0.559. The Labute approximate surface area is 96.4 Å². The summed E-state index contributed by atoms with van der Waals surface area (Å²) in [6, 6.07) is 4.66. The number of carbonyl (C=O) groups excluding carboxylic acids is 2. The number of aliphatic carboxylic acids is 1. The molecule has 1 aromatic rings. The van der Waals surface area contributed by atoms with Crippen LogP contribution < -0.4 is 9.64 Å². The predicted molar refractivity (Wildman–Crippen MR) is 57.3 cm³/mol. The maximum atomic E-state index is 11.7. The highest BCUT2D eigenvalue weighted by molar-refractivity contribution is 6.52. The molecule has 1 aliphatic heterocycles. The topological polar surface area (TPSA) is 83.9 Å². The average Bonchev–Trinajstić information content (AvgIpc) is 2.52. The normalized spacial score (nSPS) is 13.8. The Bertz CT molecular complexity index is 523. The number of ether oxygens (including phenoxy) is 1. The number of carbonyl (C=O) groups is 3. The van der Waals surface area contributed by atoms with Crippen molar-refractivity contribution >= 4 is 23.3 Å². The molecule has 0 radical (unpaired) electrons. The molecule has 1 heterocycles. The maximum Gasteiger partial charge on any atom is 0.341 e. The average molecular weight is 235 g/mol. The van der Waals surface area contributed by atoms with Crippen molar-refractivity contribution < 1.29 is 24.2 Å². The number of nitrogens with zero attached hydrogens (tertiary/aromatic N) is 1. The van der Waals surface area contributed by atoms with Crippen molar-refractivity contribution in [3.05, 3.63) is 23.8 Å². The van der Waals surface area contributed by atoms with Gasteiger partial charge in [-0.3, -0.25) is 9.59 Å². The van der Waals surface area contributed by atoms with Gasteiger partial charge < -0.3 is 14.7 Å². The second-order valence-electron chi connectivity index (χ2n) is 3.53. The van der Waals surface area contributed by atoms with Gasteiger partial charge in [0.05, 0.1) is 11.3 Å². The van der Waals surface area contributed by atoms with Gasteiger partial charge in [-0.15, -0.1) is 0 Å². The lowest BCUT2D eigenvalue weighted by molar-refractivity contribution is -0.139. The van der Waals surface area contributed by atoms with Crippen LogP contribution in [0.2, 0.25) is 0 Å². The van der Waals surface area contributed by atoms with Gasteiger partial charge in [0.2, 0.25) is 0 Å². The largest absolute Gasteiger partial charge is 0.481 e. The number of hydrogen-bond acceptors (Lipinski definition) is 4. The van der Waals surface area contributed by atoms with E-state index < -0.39 is 24.3 Å². The minimum absolute atomic E-state index is 0.118. The van der Waals surface area contributed by atoms with Gasteiger partial charge in [0.25, 0.3) is 11.7 Å². The molecule has 0 aliphatic carbocycles. The molecular weight excluding hydrogens is 226 g/mol. The zero-order chi connectivity index (χ0) is 12.6. The second-order valence-corrected chi connectivity index (χ2v) is 3.53. The van der Waals surface area contributed by atoms with Crippen molar-refractivity contribution in [2.24, 2.45) is 0 Å². The third-order valence-electron chi connectivity index (χ3n) is 2.44. The molecule has 0 fully saturated rings. The first-order valence-electron chi connectivity index (χ1n) is 4.82. The van der Waals surface area contributed by atoms with Gasteiger partial charge in [-0.1, -0.05) is 6.07 Å². The zero-order valence-corrected chi connectivity index (χ0v) is 8.97. The van der Waals surface area contributed by atoms with Crippen LogP contribution >= 0.6 is 0 Å². The summed E-state index contributed by atoms with van der Waals surface area (Å²) in [6.45, 7) is -0.554. The lowest BCUT2D eigenvalue weighted by atomic mass is 10.1. The van der Waals surface area contributed by atoms with E-state index >= 15 is 0 Å². The van der Waals surface area contributed by atoms with Crippen LogP contribution in [-0.2, 0) is 9.59 Å². The SMILES string of the molecule is CN1C(=O)C(=O)c2c(OCC(=O)O)cccc21. The smallest absolute Gasteiger partial charge is 0.341 e. The van der Waals surface area contributed by atoms with Crippen LogP contribution in [0.4, 0.5) is 5.69 Å².